The number of hydrogen-bond donors (Lipinski definition) is 2. The lowest BCUT2D eigenvalue weighted by atomic mass is 9.96. The second-order valence-corrected chi connectivity index (χ2v) is 5.78. The van der Waals surface area contributed by atoms with E-state index >= 15 is 0 Å². The van der Waals surface area contributed by atoms with E-state index in [-0.39, 0.29) is 5.82 Å². The van der Waals surface area contributed by atoms with Crippen LogP contribution in [0, 0.1) is 5.82 Å². The summed E-state index contributed by atoms with van der Waals surface area (Å²) in [6.45, 7) is 4.28. The van der Waals surface area contributed by atoms with Gasteiger partial charge in [0.15, 0.2) is 0 Å². The minimum atomic E-state index is -0.863. The molecule has 0 heterocycles. The van der Waals surface area contributed by atoms with Crippen LogP contribution in [0.1, 0.15) is 26.7 Å². The van der Waals surface area contributed by atoms with Gasteiger partial charge in [0, 0.05) is 17.2 Å². The van der Waals surface area contributed by atoms with Crippen molar-refractivity contribution in [2.24, 2.45) is 0 Å². The molecule has 106 valence electrons. The second-order valence-electron chi connectivity index (χ2n) is 4.62. The molecule has 0 aliphatic heterocycles. The molecule has 0 radical (unpaired) electrons. The molecule has 0 aliphatic carbocycles. The summed E-state index contributed by atoms with van der Waals surface area (Å²) in [5.41, 5.74) is -0.863. The fourth-order valence-electron chi connectivity index (χ4n) is 1.80. The quantitative estimate of drug-likeness (QED) is 0.569. The van der Waals surface area contributed by atoms with Gasteiger partial charge >= 0.3 is 5.97 Å². The molecule has 1 aromatic rings. The molecule has 0 spiro atoms. The zero-order valence-electron chi connectivity index (χ0n) is 11.3. The third kappa shape index (κ3) is 5.20. The topological polar surface area (TPSA) is 49.3 Å². The van der Waals surface area contributed by atoms with Crippen LogP contribution in [0.3, 0.4) is 0 Å². The number of carboxylic acids is 1. The van der Waals surface area contributed by atoms with Gasteiger partial charge in [0.2, 0.25) is 0 Å². The van der Waals surface area contributed by atoms with Crippen molar-refractivity contribution in [3.63, 3.8) is 0 Å². The largest absolute Gasteiger partial charge is 0.480 e. The first kappa shape index (κ1) is 16.0. The molecule has 0 saturated carbocycles. The highest BCUT2D eigenvalue weighted by Gasteiger charge is 2.30. The van der Waals surface area contributed by atoms with Crippen LogP contribution in [-0.4, -0.2) is 28.9 Å². The number of carboxylic acid groups (broad SMARTS) is 1. The smallest absolute Gasteiger partial charge is 0.323 e. The standard InChI is InChI=1S/C14H20FNO2S/c1-3-8-14(2,13(17)18)16-9-10-19-12-6-4-11(15)5-7-12/h4-7,16H,3,8-10H2,1-2H3,(H,17,18). The Morgan fingerprint density at radius 1 is 1.42 bits per heavy atom. The molecule has 5 heteroatoms. The molecule has 1 aromatic carbocycles. The van der Waals surface area contributed by atoms with E-state index in [2.05, 4.69) is 5.32 Å². The second kappa shape index (κ2) is 7.50. The first-order valence-electron chi connectivity index (χ1n) is 6.35. The zero-order valence-corrected chi connectivity index (χ0v) is 12.1. The van der Waals surface area contributed by atoms with Crippen molar-refractivity contribution in [1.29, 1.82) is 0 Å². The monoisotopic (exact) mass is 285 g/mol. The van der Waals surface area contributed by atoms with Crippen LogP contribution < -0.4 is 5.32 Å². The van der Waals surface area contributed by atoms with Gasteiger partial charge in [0.05, 0.1) is 0 Å². The maximum atomic E-state index is 12.7. The van der Waals surface area contributed by atoms with Crippen molar-refractivity contribution in [2.75, 3.05) is 12.3 Å². The Morgan fingerprint density at radius 2 is 2.05 bits per heavy atom. The van der Waals surface area contributed by atoms with Crippen molar-refractivity contribution in [3.05, 3.63) is 30.1 Å². The van der Waals surface area contributed by atoms with Crippen molar-refractivity contribution >= 4 is 17.7 Å². The lowest BCUT2D eigenvalue weighted by molar-refractivity contribution is -0.144. The summed E-state index contributed by atoms with van der Waals surface area (Å²) >= 11 is 1.58. The van der Waals surface area contributed by atoms with E-state index < -0.39 is 11.5 Å². The minimum absolute atomic E-state index is 0.246. The molecular weight excluding hydrogens is 265 g/mol. The molecule has 1 atom stereocenters. The van der Waals surface area contributed by atoms with Crippen LogP contribution in [0.5, 0.6) is 0 Å². The molecule has 2 N–H and O–H groups in total. The van der Waals surface area contributed by atoms with Gasteiger partial charge in [-0.3, -0.25) is 4.79 Å². The summed E-state index contributed by atoms with van der Waals surface area (Å²) in [4.78, 5) is 12.2. The maximum absolute atomic E-state index is 12.7. The number of hydrogen-bond acceptors (Lipinski definition) is 3. The predicted molar refractivity (Wildman–Crippen MR) is 76.1 cm³/mol. The highest BCUT2D eigenvalue weighted by molar-refractivity contribution is 7.99. The summed E-state index contributed by atoms with van der Waals surface area (Å²) < 4.78 is 12.7. The van der Waals surface area contributed by atoms with Gasteiger partial charge in [-0.2, -0.15) is 0 Å². The summed E-state index contributed by atoms with van der Waals surface area (Å²) in [5.74, 6) is -0.317. The van der Waals surface area contributed by atoms with Gasteiger partial charge in [0.25, 0.3) is 0 Å². The van der Waals surface area contributed by atoms with E-state index in [9.17, 15) is 14.3 Å². The maximum Gasteiger partial charge on any atom is 0.323 e. The Kier molecular flexibility index (Phi) is 6.31. The van der Waals surface area contributed by atoms with Crippen LogP contribution in [0.25, 0.3) is 0 Å². The van der Waals surface area contributed by atoms with Gasteiger partial charge in [-0.05, 0) is 37.6 Å². The predicted octanol–water partition coefficient (Wildman–Crippen LogP) is 3.15. The number of halogens is 1. The molecule has 19 heavy (non-hydrogen) atoms. The SMILES string of the molecule is CCCC(C)(NCCSc1ccc(F)cc1)C(=O)O. The van der Waals surface area contributed by atoms with Gasteiger partial charge in [-0.15, -0.1) is 11.8 Å². The highest BCUT2D eigenvalue weighted by Crippen LogP contribution is 2.18. The molecular formula is C14H20FNO2S. The number of nitrogens with one attached hydrogen (secondary N) is 1. The molecule has 0 aromatic heterocycles. The van der Waals surface area contributed by atoms with Gasteiger partial charge in [-0.25, -0.2) is 4.39 Å². The van der Waals surface area contributed by atoms with E-state index in [1.165, 1.54) is 12.1 Å². The highest BCUT2D eigenvalue weighted by atomic mass is 32.2. The van der Waals surface area contributed by atoms with Gasteiger partial charge in [-0.1, -0.05) is 13.3 Å². The third-order valence-electron chi connectivity index (χ3n) is 2.92. The van der Waals surface area contributed by atoms with Crippen LogP contribution in [0.4, 0.5) is 4.39 Å². The number of thioether (sulfide) groups is 1. The Morgan fingerprint density at radius 3 is 2.58 bits per heavy atom. The average molecular weight is 285 g/mol. The van der Waals surface area contributed by atoms with E-state index in [1.54, 1.807) is 30.8 Å². The van der Waals surface area contributed by atoms with Crippen LogP contribution >= 0.6 is 11.8 Å². The molecule has 1 unspecified atom stereocenters. The molecule has 1 rings (SSSR count). The van der Waals surface area contributed by atoms with Crippen molar-refractivity contribution in [2.45, 2.75) is 37.1 Å². The third-order valence-corrected chi connectivity index (χ3v) is 3.94. The summed E-state index contributed by atoms with van der Waals surface area (Å²) in [5, 5.41) is 12.3. The molecule has 0 bridgehead atoms. The molecule has 0 saturated heterocycles. The summed E-state index contributed by atoms with van der Waals surface area (Å²) in [7, 11) is 0. The average Bonchev–Trinajstić information content (AvgIpc) is 2.37. The molecule has 0 aliphatic rings. The van der Waals surface area contributed by atoms with Crippen molar-refractivity contribution in [1.82, 2.24) is 5.32 Å². The van der Waals surface area contributed by atoms with E-state index in [1.807, 2.05) is 6.92 Å². The Balaban J connectivity index is 2.36. The number of benzene rings is 1. The van der Waals surface area contributed by atoms with E-state index in [0.717, 1.165) is 17.1 Å². The lowest BCUT2D eigenvalue weighted by Crippen LogP contribution is -2.50. The zero-order chi connectivity index (χ0) is 14.3. The molecule has 0 amide bonds. The Bertz CT molecular complexity index is 410. The van der Waals surface area contributed by atoms with Crippen LogP contribution in [0.15, 0.2) is 29.2 Å². The fraction of sp³-hybridized carbons (Fsp3) is 0.500. The fourth-order valence-corrected chi connectivity index (χ4v) is 2.57. The minimum Gasteiger partial charge on any atom is -0.480 e. The number of rotatable bonds is 8. The summed E-state index contributed by atoms with van der Waals surface area (Å²) in [6, 6.07) is 6.30. The summed E-state index contributed by atoms with van der Waals surface area (Å²) in [6.07, 6.45) is 1.42. The van der Waals surface area contributed by atoms with Crippen molar-refractivity contribution < 1.29 is 14.3 Å². The van der Waals surface area contributed by atoms with E-state index in [4.69, 9.17) is 0 Å². The van der Waals surface area contributed by atoms with Gasteiger partial charge < -0.3 is 10.4 Å². The molecule has 0 fully saturated rings. The molecule has 3 nitrogen and oxygen atoms in total. The number of aliphatic carboxylic acids is 1. The van der Waals surface area contributed by atoms with E-state index in [0.29, 0.717) is 13.0 Å². The Hall–Kier alpha value is -1.07. The number of carbonyl (C=O) groups is 1. The normalized spacial score (nSPS) is 14.1. The van der Waals surface area contributed by atoms with Crippen LogP contribution in [0.2, 0.25) is 0 Å². The lowest BCUT2D eigenvalue weighted by Gasteiger charge is -2.25. The van der Waals surface area contributed by atoms with Crippen LogP contribution in [-0.2, 0) is 4.79 Å². The first-order valence-corrected chi connectivity index (χ1v) is 7.33. The Labute approximate surface area is 117 Å². The van der Waals surface area contributed by atoms with Gasteiger partial charge in [0.1, 0.15) is 11.4 Å². The first-order chi connectivity index (χ1) is 8.98. The van der Waals surface area contributed by atoms with Crippen molar-refractivity contribution in [3.8, 4) is 0 Å².